The fraction of sp³-hybridized carbons (Fsp3) is 0.643. The quantitative estimate of drug-likeness (QED) is 0.909. The first-order valence-corrected chi connectivity index (χ1v) is 7.02. The minimum atomic E-state index is -0.0834. The van der Waals surface area contributed by atoms with Gasteiger partial charge in [0.05, 0.1) is 11.6 Å². The molecule has 2 atom stereocenters. The molecule has 2 unspecified atom stereocenters. The van der Waals surface area contributed by atoms with Gasteiger partial charge in [-0.25, -0.2) is 4.98 Å². The van der Waals surface area contributed by atoms with Gasteiger partial charge in [-0.3, -0.25) is 0 Å². The first-order chi connectivity index (χ1) is 8.72. The zero-order valence-electron chi connectivity index (χ0n) is 10.7. The van der Waals surface area contributed by atoms with Gasteiger partial charge in [0.15, 0.2) is 0 Å². The predicted octanol–water partition coefficient (Wildman–Crippen LogP) is 3.57. The minimum Gasteiger partial charge on any atom is -0.474 e. The van der Waals surface area contributed by atoms with E-state index in [2.05, 4.69) is 11.9 Å². The molecular formula is C14H20ClNO2. The molecule has 1 fully saturated rings. The van der Waals surface area contributed by atoms with E-state index >= 15 is 0 Å². The maximum atomic E-state index is 9.16. The molecule has 0 saturated heterocycles. The number of aliphatic hydroxyl groups excluding tert-OH is 1. The average Bonchev–Trinajstić information content (AvgIpc) is 2.41. The first-order valence-electron chi connectivity index (χ1n) is 6.64. The molecule has 0 aromatic carbocycles. The van der Waals surface area contributed by atoms with Gasteiger partial charge in [-0.2, -0.15) is 0 Å². The van der Waals surface area contributed by atoms with E-state index in [4.69, 9.17) is 21.4 Å². The maximum absolute atomic E-state index is 9.16. The van der Waals surface area contributed by atoms with E-state index in [0.717, 1.165) is 18.8 Å². The van der Waals surface area contributed by atoms with Crippen LogP contribution in [0.25, 0.3) is 0 Å². The number of aromatic nitrogens is 1. The number of pyridine rings is 1. The Hall–Kier alpha value is -0.800. The van der Waals surface area contributed by atoms with Crippen molar-refractivity contribution in [3.8, 4) is 5.88 Å². The van der Waals surface area contributed by atoms with Crippen molar-refractivity contribution in [2.24, 2.45) is 5.92 Å². The molecule has 1 aliphatic carbocycles. The third-order valence-electron chi connectivity index (χ3n) is 3.68. The van der Waals surface area contributed by atoms with Gasteiger partial charge in [0, 0.05) is 17.8 Å². The van der Waals surface area contributed by atoms with Gasteiger partial charge in [0.2, 0.25) is 5.88 Å². The molecule has 0 spiro atoms. The highest BCUT2D eigenvalue weighted by Crippen LogP contribution is 2.29. The van der Waals surface area contributed by atoms with Gasteiger partial charge in [-0.1, -0.05) is 31.4 Å². The van der Waals surface area contributed by atoms with E-state index in [1.165, 1.54) is 19.3 Å². The lowest BCUT2D eigenvalue weighted by Gasteiger charge is -2.28. The Morgan fingerprint density at radius 1 is 1.50 bits per heavy atom. The van der Waals surface area contributed by atoms with Crippen molar-refractivity contribution in [2.45, 2.75) is 51.7 Å². The van der Waals surface area contributed by atoms with Gasteiger partial charge < -0.3 is 9.84 Å². The van der Waals surface area contributed by atoms with Crippen LogP contribution in [0.4, 0.5) is 0 Å². The number of halogens is 1. The molecule has 0 aliphatic heterocycles. The second kappa shape index (κ2) is 6.39. The van der Waals surface area contributed by atoms with E-state index < -0.39 is 0 Å². The lowest BCUT2D eigenvalue weighted by atomic mass is 9.85. The first kappa shape index (κ1) is 13.6. The number of rotatable bonds is 4. The lowest BCUT2D eigenvalue weighted by molar-refractivity contribution is 0.117. The molecule has 1 aliphatic rings. The fourth-order valence-electron chi connectivity index (χ4n) is 2.53. The van der Waals surface area contributed by atoms with Crippen LogP contribution in [-0.4, -0.2) is 16.2 Å². The number of aliphatic hydroxyl groups is 1. The fourth-order valence-corrected chi connectivity index (χ4v) is 2.70. The van der Waals surface area contributed by atoms with E-state index in [1.807, 2.05) is 0 Å². The van der Waals surface area contributed by atoms with E-state index in [-0.39, 0.29) is 12.7 Å². The molecule has 0 radical (unpaired) electrons. The van der Waals surface area contributed by atoms with Gasteiger partial charge in [0.25, 0.3) is 0 Å². The van der Waals surface area contributed by atoms with E-state index in [9.17, 15) is 0 Å². The smallest absolute Gasteiger partial charge is 0.213 e. The average molecular weight is 270 g/mol. The van der Waals surface area contributed by atoms with Crippen LogP contribution in [0.2, 0.25) is 5.02 Å². The SMILES string of the molecule is CCC1CCCC(Oc2cc(CO)c(Cl)cn2)C1. The van der Waals surface area contributed by atoms with Crippen LogP contribution in [0.1, 0.15) is 44.6 Å². The second-order valence-corrected chi connectivity index (χ2v) is 5.36. The molecule has 4 heteroatoms. The van der Waals surface area contributed by atoms with Crippen LogP contribution in [0.3, 0.4) is 0 Å². The number of nitrogens with zero attached hydrogens (tertiary/aromatic N) is 1. The Morgan fingerprint density at radius 3 is 3.06 bits per heavy atom. The second-order valence-electron chi connectivity index (χ2n) is 4.95. The molecule has 2 rings (SSSR count). The topological polar surface area (TPSA) is 42.4 Å². The highest BCUT2D eigenvalue weighted by Gasteiger charge is 2.22. The van der Waals surface area contributed by atoms with Gasteiger partial charge in [-0.05, 0) is 25.2 Å². The molecule has 18 heavy (non-hydrogen) atoms. The molecule has 0 amide bonds. The molecular weight excluding hydrogens is 250 g/mol. The highest BCUT2D eigenvalue weighted by molar-refractivity contribution is 6.31. The van der Waals surface area contributed by atoms with Crippen molar-refractivity contribution in [3.63, 3.8) is 0 Å². The summed E-state index contributed by atoms with van der Waals surface area (Å²) in [6.45, 7) is 2.15. The minimum absolute atomic E-state index is 0.0834. The molecule has 3 nitrogen and oxygen atoms in total. The molecule has 100 valence electrons. The summed E-state index contributed by atoms with van der Waals surface area (Å²) in [5.41, 5.74) is 0.671. The van der Waals surface area contributed by atoms with Crippen molar-refractivity contribution in [1.29, 1.82) is 0 Å². The van der Waals surface area contributed by atoms with Crippen LogP contribution < -0.4 is 4.74 Å². The van der Waals surface area contributed by atoms with Crippen molar-refractivity contribution in [3.05, 3.63) is 22.8 Å². The normalized spacial score (nSPS) is 23.9. The van der Waals surface area contributed by atoms with Crippen LogP contribution in [0.5, 0.6) is 5.88 Å². The maximum Gasteiger partial charge on any atom is 0.213 e. The third-order valence-corrected chi connectivity index (χ3v) is 4.02. The number of hydrogen-bond acceptors (Lipinski definition) is 3. The number of ether oxygens (including phenoxy) is 1. The molecule has 1 N–H and O–H groups in total. The summed E-state index contributed by atoms with van der Waals surface area (Å²) >= 11 is 5.91. The van der Waals surface area contributed by atoms with Crippen LogP contribution in [0, 0.1) is 5.92 Å². The largest absolute Gasteiger partial charge is 0.474 e. The Kier molecular flexibility index (Phi) is 4.84. The standard InChI is InChI=1S/C14H20ClNO2/c1-2-10-4-3-5-12(6-10)18-14-7-11(9-17)13(15)8-16-14/h7-8,10,12,17H,2-6,9H2,1H3. The monoisotopic (exact) mass is 269 g/mol. The van der Waals surface area contributed by atoms with Crippen molar-refractivity contribution in [1.82, 2.24) is 4.98 Å². The Balaban J connectivity index is 2.00. The van der Waals surface area contributed by atoms with Crippen molar-refractivity contribution in [2.75, 3.05) is 0 Å². The number of hydrogen-bond donors (Lipinski definition) is 1. The van der Waals surface area contributed by atoms with Crippen LogP contribution in [-0.2, 0) is 6.61 Å². The van der Waals surface area contributed by atoms with Crippen LogP contribution >= 0.6 is 11.6 Å². The molecule has 1 saturated carbocycles. The summed E-state index contributed by atoms with van der Waals surface area (Å²) in [7, 11) is 0. The Labute approximate surface area is 113 Å². The summed E-state index contributed by atoms with van der Waals surface area (Å²) < 4.78 is 5.90. The predicted molar refractivity (Wildman–Crippen MR) is 71.8 cm³/mol. The van der Waals surface area contributed by atoms with E-state index in [0.29, 0.717) is 16.5 Å². The zero-order chi connectivity index (χ0) is 13.0. The van der Waals surface area contributed by atoms with E-state index in [1.54, 1.807) is 12.3 Å². The summed E-state index contributed by atoms with van der Waals surface area (Å²) in [4.78, 5) is 4.17. The molecule has 1 aromatic rings. The molecule has 0 bridgehead atoms. The van der Waals surface area contributed by atoms with Crippen LogP contribution in [0.15, 0.2) is 12.3 Å². The summed E-state index contributed by atoms with van der Waals surface area (Å²) in [5, 5.41) is 9.65. The molecule has 1 aromatic heterocycles. The summed E-state index contributed by atoms with van der Waals surface area (Å²) in [5.74, 6) is 1.35. The summed E-state index contributed by atoms with van der Waals surface area (Å²) in [6.07, 6.45) is 7.75. The van der Waals surface area contributed by atoms with Gasteiger partial charge in [-0.15, -0.1) is 0 Å². The van der Waals surface area contributed by atoms with Gasteiger partial charge >= 0.3 is 0 Å². The van der Waals surface area contributed by atoms with Gasteiger partial charge in [0.1, 0.15) is 6.10 Å². The highest BCUT2D eigenvalue weighted by atomic mass is 35.5. The zero-order valence-corrected chi connectivity index (χ0v) is 11.5. The summed E-state index contributed by atoms with van der Waals surface area (Å²) in [6, 6.07) is 1.73. The lowest BCUT2D eigenvalue weighted by Crippen LogP contribution is -2.25. The Morgan fingerprint density at radius 2 is 2.33 bits per heavy atom. The van der Waals surface area contributed by atoms with Crippen molar-refractivity contribution >= 4 is 11.6 Å². The molecule has 1 heterocycles. The third kappa shape index (κ3) is 3.36. The Bertz CT molecular complexity index is 397. The van der Waals surface area contributed by atoms with Crippen molar-refractivity contribution < 1.29 is 9.84 Å².